The first kappa shape index (κ1) is 13.8. The maximum atomic E-state index is 11.8. The van der Waals surface area contributed by atoms with Crippen LogP contribution in [0.3, 0.4) is 0 Å². The van der Waals surface area contributed by atoms with Crippen molar-refractivity contribution >= 4 is 17.7 Å². The fraction of sp³-hybridized carbons (Fsp3) is 0.917. The van der Waals surface area contributed by atoms with Crippen LogP contribution in [0.25, 0.3) is 0 Å². The zero-order chi connectivity index (χ0) is 12.0. The van der Waals surface area contributed by atoms with Crippen LogP contribution in [0.1, 0.15) is 33.1 Å². The molecule has 1 atom stereocenters. The first-order valence-electron chi connectivity index (χ1n) is 6.09. The molecule has 0 radical (unpaired) electrons. The first-order chi connectivity index (χ1) is 7.67. The summed E-state index contributed by atoms with van der Waals surface area (Å²) in [5.74, 6) is 0.153. The minimum Gasteiger partial charge on any atom is -0.369 e. The molecule has 1 rings (SSSR count). The molecule has 1 aliphatic heterocycles. The van der Waals surface area contributed by atoms with E-state index in [1.54, 1.807) is 0 Å². The lowest BCUT2D eigenvalue weighted by Crippen LogP contribution is -2.41. The van der Waals surface area contributed by atoms with E-state index in [0.29, 0.717) is 0 Å². The van der Waals surface area contributed by atoms with Gasteiger partial charge in [-0.3, -0.25) is 4.79 Å². The van der Waals surface area contributed by atoms with Gasteiger partial charge in [-0.25, -0.2) is 0 Å². The number of amides is 1. The second-order valence-electron chi connectivity index (χ2n) is 4.35. The second-order valence-corrected chi connectivity index (χ2v) is 5.48. The Morgan fingerprint density at radius 3 is 2.62 bits per heavy atom. The Hall–Kier alpha value is -0.220. The molecule has 0 aromatic rings. The number of hydrogen-bond donors (Lipinski definition) is 0. The number of rotatable bonds is 5. The maximum absolute atomic E-state index is 11.8. The van der Waals surface area contributed by atoms with Gasteiger partial charge in [-0.05, 0) is 32.4 Å². The molecular weight excluding hydrogens is 222 g/mol. The number of piperidine rings is 1. The van der Waals surface area contributed by atoms with Crippen LogP contribution in [0.2, 0.25) is 0 Å². The van der Waals surface area contributed by atoms with Crippen molar-refractivity contribution in [3.63, 3.8) is 0 Å². The third-order valence-corrected chi connectivity index (χ3v) is 4.33. The van der Waals surface area contributed by atoms with E-state index < -0.39 is 0 Å². The SMILES string of the molecule is CCC(C)OCC(=O)N1CCC(SC)CC1. The second kappa shape index (κ2) is 7.17. The van der Waals surface area contributed by atoms with E-state index in [2.05, 4.69) is 13.2 Å². The van der Waals surface area contributed by atoms with Gasteiger partial charge in [-0.15, -0.1) is 0 Å². The Morgan fingerprint density at radius 1 is 1.50 bits per heavy atom. The van der Waals surface area contributed by atoms with Crippen molar-refractivity contribution in [3.8, 4) is 0 Å². The Kier molecular flexibility index (Phi) is 6.21. The summed E-state index contributed by atoms with van der Waals surface area (Å²) in [5, 5.41) is 0.736. The van der Waals surface area contributed by atoms with E-state index in [1.165, 1.54) is 0 Å². The molecule has 1 amide bonds. The van der Waals surface area contributed by atoms with Crippen LogP contribution in [-0.4, -0.2) is 48.1 Å². The molecular formula is C12H23NO2S. The number of thioether (sulfide) groups is 1. The molecule has 0 spiro atoms. The van der Waals surface area contributed by atoms with E-state index >= 15 is 0 Å². The number of hydrogen-bond acceptors (Lipinski definition) is 3. The van der Waals surface area contributed by atoms with Crippen LogP contribution < -0.4 is 0 Å². The number of likely N-dealkylation sites (tertiary alicyclic amines) is 1. The van der Waals surface area contributed by atoms with Gasteiger partial charge in [0.1, 0.15) is 6.61 Å². The highest BCUT2D eigenvalue weighted by atomic mass is 32.2. The average Bonchev–Trinajstić information content (AvgIpc) is 2.35. The van der Waals surface area contributed by atoms with Crippen LogP contribution in [0.4, 0.5) is 0 Å². The highest BCUT2D eigenvalue weighted by Gasteiger charge is 2.22. The Balaban J connectivity index is 2.22. The fourth-order valence-corrected chi connectivity index (χ4v) is 2.45. The summed E-state index contributed by atoms with van der Waals surface area (Å²) in [6, 6.07) is 0. The molecule has 0 aliphatic carbocycles. The monoisotopic (exact) mass is 245 g/mol. The molecule has 1 aliphatic rings. The smallest absolute Gasteiger partial charge is 0.248 e. The number of nitrogens with zero attached hydrogens (tertiary/aromatic N) is 1. The van der Waals surface area contributed by atoms with Gasteiger partial charge in [0, 0.05) is 18.3 Å². The van der Waals surface area contributed by atoms with Crippen molar-refractivity contribution in [3.05, 3.63) is 0 Å². The lowest BCUT2D eigenvalue weighted by atomic mass is 10.1. The highest BCUT2D eigenvalue weighted by molar-refractivity contribution is 7.99. The molecule has 0 N–H and O–H groups in total. The molecule has 0 bridgehead atoms. The van der Waals surface area contributed by atoms with Gasteiger partial charge in [0.25, 0.3) is 0 Å². The van der Waals surface area contributed by atoms with Crippen molar-refractivity contribution in [2.75, 3.05) is 26.0 Å². The molecule has 0 aromatic heterocycles. The minimum absolute atomic E-state index is 0.153. The molecule has 94 valence electrons. The normalized spacial score (nSPS) is 19.8. The lowest BCUT2D eigenvalue weighted by molar-refractivity contribution is -0.138. The van der Waals surface area contributed by atoms with Crippen LogP contribution in [0, 0.1) is 0 Å². The van der Waals surface area contributed by atoms with E-state index in [9.17, 15) is 4.79 Å². The van der Waals surface area contributed by atoms with Crippen molar-refractivity contribution in [2.45, 2.75) is 44.5 Å². The maximum Gasteiger partial charge on any atom is 0.248 e. The summed E-state index contributed by atoms with van der Waals surface area (Å²) < 4.78 is 5.46. The Morgan fingerprint density at radius 2 is 2.12 bits per heavy atom. The number of carbonyl (C=O) groups is 1. The summed E-state index contributed by atoms with van der Waals surface area (Å²) in [7, 11) is 0. The number of ether oxygens (including phenoxy) is 1. The van der Waals surface area contributed by atoms with E-state index in [1.807, 2.05) is 23.6 Å². The van der Waals surface area contributed by atoms with E-state index in [4.69, 9.17) is 4.74 Å². The zero-order valence-electron chi connectivity index (χ0n) is 10.6. The highest BCUT2D eigenvalue weighted by Crippen LogP contribution is 2.20. The number of carbonyl (C=O) groups excluding carboxylic acids is 1. The third kappa shape index (κ3) is 4.34. The molecule has 1 unspecified atom stereocenters. The quantitative estimate of drug-likeness (QED) is 0.743. The van der Waals surface area contributed by atoms with E-state index in [0.717, 1.165) is 37.6 Å². The average molecular weight is 245 g/mol. The molecule has 16 heavy (non-hydrogen) atoms. The topological polar surface area (TPSA) is 29.5 Å². The van der Waals surface area contributed by atoms with Gasteiger partial charge in [0.15, 0.2) is 0 Å². The van der Waals surface area contributed by atoms with Gasteiger partial charge >= 0.3 is 0 Å². The van der Waals surface area contributed by atoms with Gasteiger partial charge in [0.05, 0.1) is 6.10 Å². The molecule has 0 aromatic carbocycles. The van der Waals surface area contributed by atoms with Crippen molar-refractivity contribution < 1.29 is 9.53 Å². The lowest BCUT2D eigenvalue weighted by Gasteiger charge is -2.31. The van der Waals surface area contributed by atoms with Gasteiger partial charge in [-0.2, -0.15) is 11.8 Å². The Bertz CT molecular complexity index is 215. The molecule has 3 nitrogen and oxygen atoms in total. The predicted molar refractivity (Wildman–Crippen MR) is 68.8 cm³/mol. The van der Waals surface area contributed by atoms with Crippen LogP contribution >= 0.6 is 11.8 Å². The predicted octanol–water partition coefficient (Wildman–Crippen LogP) is 2.16. The molecule has 4 heteroatoms. The van der Waals surface area contributed by atoms with Crippen molar-refractivity contribution in [1.82, 2.24) is 4.90 Å². The standard InChI is InChI=1S/C12H23NO2S/c1-4-10(2)15-9-12(14)13-7-5-11(16-3)6-8-13/h10-11H,4-9H2,1-3H3. The summed E-state index contributed by atoms with van der Waals surface area (Å²) in [4.78, 5) is 13.7. The zero-order valence-corrected chi connectivity index (χ0v) is 11.4. The summed E-state index contributed by atoms with van der Waals surface area (Å²) in [6.07, 6.45) is 5.54. The van der Waals surface area contributed by atoms with Gasteiger partial charge in [0.2, 0.25) is 5.91 Å². The van der Waals surface area contributed by atoms with Crippen LogP contribution in [0.5, 0.6) is 0 Å². The third-order valence-electron chi connectivity index (χ3n) is 3.19. The molecule has 1 fully saturated rings. The fourth-order valence-electron chi connectivity index (χ4n) is 1.76. The molecule has 1 heterocycles. The molecule has 0 saturated carbocycles. The largest absolute Gasteiger partial charge is 0.369 e. The first-order valence-corrected chi connectivity index (χ1v) is 7.38. The summed E-state index contributed by atoms with van der Waals surface area (Å²) >= 11 is 1.91. The van der Waals surface area contributed by atoms with Crippen molar-refractivity contribution in [1.29, 1.82) is 0 Å². The summed E-state index contributed by atoms with van der Waals surface area (Å²) in [5.41, 5.74) is 0. The minimum atomic E-state index is 0.153. The van der Waals surface area contributed by atoms with Crippen LogP contribution in [0.15, 0.2) is 0 Å². The van der Waals surface area contributed by atoms with Crippen molar-refractivity contribution in [2.24, 2.45) is 0 Å². The van der Waals surface area contributed by atoms with Gasteiger partial charge < -0.3 is 9.64 Å². The van der Waals surface area contributed by atoms with Gasteiger partial charge in [-0.1, -0.05) is 6.92 Å². The van der Waals surface area contributed by atoms with E-state index in [-0.39, 0.29) is 18.6 Å². The summed E-state index contributed by atoms with van der Waals surface area (Å²) in [6.45, 7) is 6.12. The Labute approximate surface area is 103 Å². The van der Waals surface area contributed by atoms with Crippen LogP contribution in [-0.2, 0) is 9.53 Å². The molecule has 1 saturated heterocycles.